The zero-order valence-electron chi connectivity index (χ0n) is 14.7. The third-order valence-electron chi connectivity index (χ3n) is 4.34. The van der Waals surface area contributed by atoms with Gasteiger partial charge in [-0.05, 0) is 44.0 Å². The van der Waals surface area contributed by atoms with Gasteiger partial charge < -0.3 is 14.8 Å². The molecular formula is C20H24N2O3. The van der Waals surface area contributed by atoms with Gasteiger partial charge in [0, 0.05) is 42.4 Å². The minimum absolute atomic E-state index is 0.0350. The van der Waals surface area contributed by atoms with Crippen LogP contribution < -0.4 is 14.8 Å². The molecule has 1 aromatic heterocycles. The summed E-state index contributed by atoms with van der Waals surface area (Å²) < 4.78 is 11.3. The fourth-order valence-corrected chi connectivity index (χ4v) is 3.07. The van der Waals surface area contributed by atoms with Crippen molar-refractivity contribution in [1.29, 1.82) is 0 Å². The largest absolute Gasteiger partial charge is 0.496 e. The molecule has 1 aliphatic heterocycles. The Morgan fingerprint density at radius 2 is 2.28 bits per heavy atom. The molecular weight excluding hydrogens is 316 g/mol. The van der Waals surface area contributed by atoms with E-state index in [0.717, 1.165) is 47.6 Å². The number of fused-ring (bicyclic) bond motifs is 1. The van der Waals surface area contributed by atoms with E-state index in [9.17, 15) is 4.79 Å². The molecule has 0 saturated heterocycles. The molecule has 1 aliphatic rings. The van der Waals surface area contributed by atoms with Crippen molar-refractivity contribution in [1.82, 2.24) is 10.3 Å². The lowest BCUT2D eigenvalue weighted by Gasteiger charge is -2.12. The van der Waals surface area contributed by atoms with Gasteiger partial charge in [-0.1, -0.05) is 6.07 Å². The van der Waals surface area contributed by atoms with E-state index in [2.05, 4.69) is 17.2 Å². The third-order valence-corrected chi connectivity index (χ3v) is 4.34. The summed E-state index contributed by atoms with van der Waals surface area (Å²) in [6.07, 6.45) is 4.94. The van der Waals surface area contributed by atoms with Crippen LogP contribution in [0.2, 0.25) is 0 Å². The van der Waals surface area contributed by atoms with Gasteiger partial charge in [-0.25, -0.2) is 0 Å². The molecule has 0 bridgehead atoms. The van der Waals surface area contributed by atoms with Gasteiger partial charge in [0.1, 0.15) is 17.6 Å². The predicted octanol–water partition coefficient (Wildman–Crippen LogP) is 3.05. The van der Waals surface area contributed by atoms with Gasteiger partial charge in [-0.15, -0.1) is 0 Å². The molecule has 1 amide bonds. The maximum absolute atomic E-state index is 12.1. The number of amides is 1. The molecule has 3 rings (SSSR count). The van der Waals surface area contributed by atoms with Crippen molar-refractivity contribution in [3.63, 3.8) is 0 Å². The number of nitrogens with zero attached hydrogens (tertiary/aromatic N) is 1. The third kappa shape index (κ3) is 4.50. The number of pyridine rings is 1. The van der Waals surface area contributed by atoms with Crippen LogP contribution in [0.3, 0.4) is 0 Å². The smallest absolute Gasteiger partial charge is 0.220 e. The molecule has 0 radical (unpaired) electrons. The molecule has 5 nitrogen and oxygen atoms in total. The first-order valence-corrected chi connectivity index (χ1v) is 8.68. The highest BCUT2D eigenvalue weighted by Gasteiger charge is 2.21. The minimum Gasteiger partial charge on any atom is -0.496 e. The average Bonchev–Trinajstić information content (AvgIpc) is 2.98. The Balaban J connectivity index is 1.51. The summed E-state index contributed by atoms with van der Waals surface area (Å²) in [7, 11) is 1.65. The molecule has 0 aliphatic carbocycles. The van der Waals surface area contributed by atoms with E-state index in [1.807, 2.05) is 30.3 Å². The molecule has 5 heteroatoms. The number of hydrogen-bond acceptors (Lipinski definition) is 4. The highest BCUT2D eigenvalue weighted by atomic mass is 16.5. The van der Waals surface area contributed by atoms with Crippen LogP contribution in [0.15, 0.2) is 36.5 Å². The first kappa shape index (κ1) is 17.3. The van der Waals surface area contributed by atoms with Crippen molar-refractivity contribution in [3.8, 4) is 11.5 Å². The second kappa shape index (κ2) is 8.01. The minimum atomic E-state index is 0.0350. The van der Waals surface area contributed by atoms with Crippen LogP contribution in [0.4, 0.5) is 0 Å². The van der Waals surface area contributed by atoms with Crippen LogP contribution in [-0.4, -0.2) is 24.1 Å². The van der Waals surface area contributed by atoms with Crippen LogP contribution in [0.5, 0.6) is 11.5 Å². The van der Waals surface area contributed by atoms with E-state index in [-0.39, 0.29) is 12.0 Å². The molecule has 25 heavy (non-hydrogen) atoms. The summed E-state index contributed by atoms with van der Waals surface area (Å²) >= 11 is 0. The number of methoxy groups -OCH3 is 1. The van der Waals surface area contributed by atoms with Crippen molar-refractivity contribution in [2.24, 2.45) is 0 Å². The molecule has 1 aromatic carbocycles. The SMILES string of the molecule is COc1cc2c(cc1CNC(=O)CCCc1ccccn1)O[C@@H](C)C2. The average molecular weight is 340 g/mol. The summed E-state index contributed by atoms with van der Waals surface area (Å²) in [5, 5.41) is 2.97. The molecule has 1 atom stereocenters. The van der Waals surface area contributed by atoms with Crippen molar-refractivity contribution in [3.05, 3.63) is 53.3 Å². The normalized spacial score (nSPS) is 15.4. The lowest BCUT2D eigenvalue weighted by molar-refractivity contribution is -0.121. The van der Waals surface area contributed by atoms with Crippen molar-refractivity contribution in [2.45, 2.75) is 45.3 Å². The van der Waals surface area contributed by atoms with E-state index in [1.165, 1.54) is 0 Å². The Hall–Kier alpha value is -2.56. The Bertz CT molecular complexity index is 731. The molecule has 1 N–H and O–H groups in total. The number of hydrogen-bond donors (Lipinski definition) is 1. The fraction of sp³-hybridized carbons (Fsp3) is 0.400. The van der Waals surface area contributed by atoms with E-state index in [4.69, 9.17) is 9.47 Å². The van der Waals surface area contributed by atoms with Crippen LogP contribution >= 0.6 is 0 Å². The maximum Gasteiger partial charge on any atom is 0.220 e. The van der Waals surface area contributed by atoms with Gasteiger partial charge >= 0.3 is 0 Å². The Labute approximate surface area is 148 Å². The molecule has 0 spiro atoms. The van der Waals surface area contributed by atoms with Crippen LogP contribution in [0.25, 0.3) is 0 Å². The zero-order chi connectivity index (χ0) is 17.6. The molecule has 132 valence electrons. The second-order valence-corrected chi connectivity index (χ2v) is 6.36. The standard InChI is InChI=1S/C20H24N2O3/c1-14-10-15-11-18(24-2)16(12-19(15)25-14)13-22-20(23)8-5-7-17-6-3-4-9-21-17/h3-4,6,9,11-12,14H,5,7-8,10,13H2,1-2H3,(H,22,23)/t14-/m0/s1. The van der Waals surface area contributed by atoms with E-state index in [0.29, 0.717) is 13.0 Å². The number of ether oxygens (including phenoxy) is 2. The predicted molar refractivity (Wildman–Crippen MR) is 95.8 cm³/mol. The van der Waals surface area contributed by atoms with Crippen LogP contribution in [0, 0.1) is 0 Å². The number of carbonyl (C=O) groups excluding carboxylic acids is 1. The summed E-state index contributed by atoms with van der Waals surface area (Å²) in [6, 6.07) is 9.83. The topological polar surface area (TPSA) is 60.5 Å². The molecule has 2 heterocycles. The molecule has 0 saturated carbocycles. The van der Waals surface area contributed by atoms with Gasteiger partial charge in [0.05, 0.1) is 7.11 Å². The van der Waals surface area contributed by atoms with Gasteiger partial charge in [0.2, 0.25) is 5.91 Å². The van der Waals surface area contributed by atoms with Crippen molar-refractivity contribution >= 4 is 5.91 Å². The summed E-state index contributed by atoms with van der Waals surface area (Å²) in [5.74, 6) is 1.73. The number of aryl methyl sites for hydroxylation is 1. The summed E-state index contributed by atoms with van der Waals surface area (Å²) in [6.45, 7) is 2.49. The van der Waals surface area contributed by atoms with Gasteiger partial charge in [0.25, 0.3) is 0 Å². The number of rotatable bonds is 7. The second-order valence-electron chi connectivity index (χ2n) is 6.36. The molecule has 2 aromatic rings. The van der Waals surface area contributed by atoms with Crippen molar-refractivity contribution in [2.75, 3.05) is 7.11 Å². The number of benzene rings is 1. The van der Waals surface area contributed by atoms with Crippen LogP contribution in [0.1, 0.15) is 36.6 Å². The van der Waals surface area contributed by atoms with E-state index < -0.39 is 0 Å². The highest BCUT2D eigenvalue weighted by Crippen LogP contribution is 2.34. The first-order chi connectivity index (χ1) is 12.2. The highest BCUT2D eigenvalue weighted by molar-refractivity contribution is 5.76. The molecule has 0 unspecified atom stereocenters. The molecule has 0 fully saturated rings. The number of carbonyl (C=O) groups is 1. The maximum atomic E-state index is 12.1. The summed E-state index contributed by atoms with van der Waals surface area (Å²) in [5.41, 5.74) is 3.12. The van der Waals surface area contributed by atoms with E-state index >= 15 is 0 Å². The lowest BCUT2D eigenvalue weighted by atomic mass is 10.1. The monoisotopic (exact) mass is 340 g/mol. The lowest BCUT2D eigenvalue weighted by Crippen LogP contribution is -2.22. The van der Waals surface area contributed by atoms with Gasteiger partial charge in [-0.3, -0.25) is 9.78 Å². The number of nitrogens with one attached hydrogen (secondary N) is 1. The summed E-state index contributed by atoms with van der Waals surface area (Å²) in [4.78, 5) is 16.4. The Morgan fingerprint density at radius 3 is 3.04 bits per heavy atom. The number of aromatic nitrogens is 1. The first-order valence-electron chi connectivity index (χ1n) is 8.68. The zero-order valence-corrected chi connectivity index (χ0v) is 14.7. The van der Waals surface area contributed by atoms with Gasteiger partial charge in [-0.2, -0.15) is 0 Å². The quantitative estimate of drug-likeness (QED) is 0.841. The fourth-order valence-electron chi connectivity index (χ4n) is 3.07. The van der Waals surface area contributed by atoms with Crippen LogP contribution in [-0.2, 0) is 24.2 Å². The Morgan fingerprint density at radius 1 is 1.40 bits per heavy atom. The van der Waals surface area contributed by atoms with Gasteiger partial charge in [0.15, 0.2) is 0 Å². The Kier molecular flexibility index (Phi) is 5.53. The van der Waals surface area contributed by atoms with Crippen molar-refractivity contribution < 1.29 is 14.3 Å². The van der Waals surface area contributed by atoms with E-state index in [1.54, 1.807) is 13.3 Å².